The van der Waals surface area contributed by atoms with Crippen LogP contribution in [0.5, 0.6) is 0 Å². The Morgan fingerprint density at radius 3 is 0.889 bits per heavy atom. The van der Waals surface area contributed by atoms with E-state index in [-0.39, 0.29) is 6.61 Å². The highest BCUT2D eigenvalue weighted by Crippen LogP contribution is 2.22. The summed E-state index contributed by atoms with van der Waals surface area (Å²) >= 11 is 15.6. The van der Waals surface area contributed by atoms with Gasteiger partial charge >= 0.3 is 224 Å². The number of hydrogen-bond acceptors (Lipinski definition) is 58. The first-order chi connectivity index (χ1) is 59.3. The number of hydrogen-bond donors (Lipinski definition) is 0. The Bertz CT molecular complexity index is 4000. The molecular weight excluding hydrogens is 1820 g/mol. The molecule has 0 radical (unpaired) electrons. The number of rotatable bonds is 28. The molecular formula is C51H43B11Cl3F3O58. The SMILES string of the molecule is C=C(C)OB1OC(=O)C(=O)O1.C=CCOB1OC(=O)C(=O)O1.C=COB1OC(=O)C(=O)O1.C=COB1OC(=O)C(=O)O1.CCCCOB1OC(=O)C(=O)O1.CCCOB1OC(=O)C(=O)O1.CCOB1OC(=O)C(=O)O1.COB1OC(=O)C(=O)O1.O=C/C=C\OB1OC(=O)C(=O)O1.O=C1OB(O/C(Cl)=C(/Cl)C(=O)Cl)OC1=O.O=C1OB(O/C(F)=C(/F)C(=O)F)OC1=O. The van der Waals surface area contributed by atoms with Crippen LogP contribution in [0.4, 0.5) is 13.2 Å². The Balaban J connectivity index is 0.000000695. The highest BCUT2D eigenvalue weighted by molar-refractivity contribution is 6.75. The molecule has 11 fully saturated rings. The smallest absolute Gasteiger partial charge is 0.497 e. The van der Waals surface area contributed by atoms with E-state index < -0.39 is 245 Å². The van der Waals surface area contributed by atoms with Gasteiger partial charge in [0.2, 0.25) is 0 Å². The summed E-state index contributed by atoms with van der Waals surface area (Å²) in [6.45, 7) is 21.5. The predicted molar refractivity (Wildman–Crippen MR) is 371 cm³/mol. The van der Waals surface area contributed by atoms with Crippen LogP contribution < -0.4 is 0 Å². The lowest BCUT2D eigenvalue weighted by atomic mass is 10.2. The first-order valence-corrected chi connectivity index (χ1v) is 33.1. The summed E-state index contributed by atoms with van der Waals surface area (Å²) in [6.07, 6.45) is 8.46. The molecule has 0 bridgehead atoms. The zero-order chi connectivity index (χ0) is 95.6. The van der Waals surface area contributed by atoms with Crippen LogP contribution in [-0.4, -0.2) is 263 Å². The van der Waals surface area contributed by atoms with Crippen molar-refractivity contribution in [3.05, 3.63) is 85.1 Å². The first kappa shape index (κ1) is 110. The van der Waals surface area contributed by atoms with E-state index in [4.69, 9.17) is 44.1 Å². The Kier molecular flexibility index (Phi) is 50.2. The van der Waals surface area contributed by atoms with Gasteiger partial charge in [0.05, 0.1) is 31.2 Å². The Morgan fingerprint density at radius 1 is 0.365 bits per heavy atom. The van der Waals surface area contributed by atoms with Gasteiger partial charge in [-0.1, -0.05) is 57.7 Å². The fraction of sp³-hybridized carbons (Fsp3) is 0.235. The summed E-state index contributed by atoms with van der Waals surface area (Å²) in [5.74, 6) is -26.2. The number of allylic oxidation sites excluding steroid dienone is 4. The number of carbonyl (C=O) groups excluding carboxylic acids is 25. The minimum absolute atomic E-state index is 0.158. The van der Waals surface area contributed by atoms with Crippen molar-refractivity contribution in [3.8, 4) is 0 Å². The molecule has 0 aromatic carbocycles. The van der Waals surface area contributed by atoms with Gasteiger partial charge in [-0.2, -0.15) is 13.2 Å². The standard InChI is InChI=1S/C6H9BO5.C5BCl3O6.C5BF3O6.C5H3BO6.C5H5BO5.C5H7BO5.C5H5BO5.C4H5BO5.2C4H3BO5.C3H3BO5/c1-2-3-4-10-7-11-5(8)6(9)12-7;2*7-1(2(8)10)3(9)13-6-14-4(11)5(12)15-6;7-2-1-3-10-6-11-4(8)5(9)12-6;1-3(2)9-6-10-4(7)5(8)11-6;2*1-2-3-9-6-10-4(7)5(8)11-6;3*1-2-8-5-9-3(6)4(7)10-5;1-7-4-8-2(5)3(6)9-4/h2-4H2,1H3;;;1-3H;1H2,2H3;2-3H2,1H3;2H,1,3H2;2H2,1H3;2*2H,1H2;1H3/b;2*3-1+;3-1-;;;;;;;. The number of unbranched alkanes of at least 4 members (excludes halogenated alkanes) is 1. The van der Waals surface area contributed by atoms with Crippen LogP contribution in [0, 0.1) is 0 Å². The van der Waals surface area contributed by atoms with Gasteiger partial charge in [0.25, 0.3) is 11.1 Å². The Hall–Kier alpha value is -14.5. The lowest BCUT2D eigenvalue weighted by molar-refractivity contribution is -0.150. The molecule has 0 N–H and O–H groups in total. The molecule has 0 spiro atoms. The molecule has 58 nitrogen and oxygen atoms in total. The van der Waals surface area contributed by atoms with Crippen molar-refractivity contribution in [2.75, 3.05) is 33.5 Å². The van der Waals surface area contributed by atoms with Gasteiger partial charge in [0.15, 0.2) is 10.3 Å². The van der Waals surface area contributed by atoms with Crippen LogP contribution in [-0.2, 0) is 273 Å². The van der Waals surface area contributed by atoms with E-state index in [2.05, 4.69) is 171 Å². The molecule has 0 amide bonds. The molecule has 11 rings (SSSR count). The Morgan fingerprint density at radius 2 is 0.635 bits per heavy atom. The van der Waals surface area contributed by atoms with Gasteiger partial charge < -0.3 is 154 Å². The van der Waals surface area contributed by atoms with Crippen LogP contribution >= 0.6 is 34.8 Å². The van der Waals surface area contributed by atoms with Crippen molar-refractivity contribution in [2.24, 2.45) is 0 Å². The summed E-state index contributed by atoms with van der Waals surface area (Å²) in [6, 6.07) is -5.02. The number of carbonyl (C=O) groups is 25. The van der Waals surface area contributed by atoms with Gasteiger partial charge in [0.1, 0.15) is 6.29 Å². The van der Waals surface area contributed by atoms with Crippen molar-refractivity contribution in [3.63, 3.8) is 0 Å². The normalized spacial score (nSPS) is 16.5. The van der Waals surface area contributed by atoms with Crippen molar-refractivity contribution in [1.82, 2.24) is 0 Å². The molecule has 0 aromatic rings. The van der Waals surface area contributed by atoms with Crippen LogP contribution in [0.1, 0.15) is 47.0 Å². The van der Waals surface area contributed by atoms with Gasteiger partial charge in [-0.05, 0) is 49.9 Å². The van der Waals surface area contributed by atoms with Crippen LogP contribution in [0.3, 0.4) is 0 Å². The van der Waals surface area contributed by atoms with E-state index in [1.54, 1.807) is 13.8 Å². The van der Waals surface area contributed by atoms with Crippen molar-refractivity contribution >= 4 is 264 Å². The fourth-order valence-electron chi connectivity index (χ4n) is 5.64. The van der Waals surface area contributed by atoms with Crippen molar-refractivity contribution < 1.29 is 287 Å². The molecule has 0 atom stereocenters. The summed E-state index contributed by atoms with van der Waals surface area (Å²) in [4.78, 5) is 257. The summed E-state index contributed by atoms with van der Waals surface area (Å²) in [7, 11) is -13.5. The third-order valence-corrected chi connectivity index (χ3v) is 11.5. The minimum Gasteiger partial charge on any atom is -0.497 e. The fourth-order valence-corrected chi connectivity index (χ4v) is 5.97. The maximum atomic E-state index is 12.4. The first-order valence-electron chi connectivity index (χ1n) is 31.9. The van der Waals surface area contributed by atoms with Crippen LogP contribution in [0.15, 0.2) is 85.1 Å². The molecule has 11 aliphatic heterocycles. The average molecular weight is 1870 g/mol. The lowest BCUT2D eigenvalue weighted by Gasteiger charge is -2.04. The molecule has 0 aromatic heterocycles. The highest BCUT2D eigenvalue weighted by atomic mass is 35.5. The van der Waals surface area contributed by atoms with E-state index in [0.717, 1.165) is 44.1 Å². The van der Waals surface area contributed by atoms with E-state index in [1.165, 1.54) is 13.2 Å². The highest BCUT2D eigenvalue weighted by Gasteiger charge is 2.52. The Labute approximate surface area is 714 Å². The molecule has 11 aliphatic rings. The van der Waals surface area contributed by atoms with E-state index >= 15 is 0 Å². The largest absolute Gasteiger partial charge is 0.870 e. The van der Waals surface area contributed by atoms with Crippen LogP contribution in [0.2, 0.25) is 0 Å². The van der Waals surface area contributed by atoms with Gasteiger partial charge in [0, 0.05) is 33.0 Å². The number of halogens is 6. The maximum Gasteiger partial charge on any atom is 0.870 e. The molecule has 0 saturated carbocycles. The zero-order valence-electron chi connectivity index (χ0n) is 63.0. The van der Waals surface area contributed by atoms with E-state index in [9.17, 15) is 133 Å². The second-order valence-electron chi connectivity index (χ2n) is 19.5. The average Bonchev–Trinajstić information content (AvgIpc) is 1.73. The summed E-state index contributed by atoms with van der Waals surface area (Å²) < 4.78 is 179. The maximum absolute atomic E-state index is 12.4. The zero-order valence-corrected chi connectivity index (χ0v) is 65.3. The topological polar surface area (TPSA) is 731 Å². The molecule has 0 unspecified atom stereocenters. The number of aldehydes is 1. The van der Waals surface area contributed by atoms with Crippen molar-refractivity contribution in [2.45, 2.75) is 47.0 Å². The van der Waals surface area contributed by atoms with Gasteiger partial charge in [-0.25, -0.2) is 105 Å². The van der Waals surface area contributed by atoms with E-state index in [1.807, 2.05) is 13.8 Å². The van der Waals surface area contributed by atoms with Gasteiger partial charge in [-0.15, -0.1) is 6.58 Å². The van der Waals surface area contributed by atoms with Crippen molar-refractivity contribution in [1.29, 1.82) is 0 Å². The molecule has 0 aliphatic carbocycles. The second-order valence-corrected chi connectivity index (χ2v) is 20.5. The van der Waals surface area contributed by atoms with E-state index in [0.29, 0.717) is 31.9 Å². The minimum atomic E-state index is -2.72. The molecule has 11 heterocycles. The van der Waals surface area contributed by atoms with Crippen LogP contribution in [0.25, 0.3) is 0 Å². The predicted octanol–water partition coefficient (Wildman–Crippen LogP) is -6.44. The third-order valence-electron chi connectivity index (χ3n) is 10.5. The summed E-state index contributed by atoms with van der Waals surface area (Å²) in [5.41, 5.74) is 0. The second kappa shape index (κ2) is 57.7. The quantitative estimate of drug-likeness (QED) is 0.0103. The third kappa shape index (κ3) is 42.3. The molecule has 670 valence electrons. The monoisotopic (exact) mass is 1870 g/mol. The summed E-state index contributed by atoms with van der Waals surface area (Å²) in [5, 5.41) is -2.35. The lowest BCUT2D eigenvalue weighted by Crippen LogP contribution is -2.20. The van der Waals surface area contributed by atoms with Gasteiger partial charge in [-0.3, -0.25) is 14.4 Å². The molecule has 11 saturated heterocycles. The molecule has 126 heavy (non-hydrogen) atoms. The molecule has 75 heteroatoms.